The molecule has 5 rings (SSSR count). The molecule has 104 valence electrons. The van der Waals surface area contributed by atoms with Crippen LogP contribution in [0.15, 0.2) is 32.7 Å². The number of nitrogens with one attached hydrogen (secondary N) is 1. The van der Waals surface area contributed by atoms with Crippen LogP contribution < -0.4 is 9.85 Å². The number of carbonyl (C=O) groups excluding carboxylic acids is 2. The van der Waals surface area contributed by atoms with Gasteiger partial charge in [0.25, 0.3) is 11.8 Å². The van der Waals surface area contributed by atoms with E-state index >= 15 is 0 Å². The molecule has 0 fully saturated rings. The summed E-state index contributed by atoms with van der Waals surface area (Å²) in [5.74, 6) is 0.682. The second-order valence-corrected chi connectivity index (χ2v) is 10.5. The van der Waals surface area contributed by atoms with Crippen LogP contribution in [-0.4, -0.2) is 32.6 Å². The molecule has 0 saturated heterocycles. The fourth-order valence-corrected chi connectivity index (χ4v) is 10.6. The summed E-state index contributed by atoms with van der Waals surface area (Å²) in [5.41, 5.74) is 1.02. The second-order valence-electron chi connectivity index (χ2n) is 4.63. The minimum Gasteiger partial charge on any atom is -0.288 e. The van der Waals surface area contributed by atoms with E-state index in [0.717, 1.165) is 0 Å². The molecule has 0 spiro atoms. The van der Waals surface area contributed by atoms with E-state index in [-0.39, 0.29) is 26.8 Å². The number of fused-ring (bicyclic) bond motifs is 3. The normalized spacial score (nSPS) is 17.3. The fraction of sp³-hybridized carbons (Fsp3) is 0.0714. The van der Waals surface area contributed by atoms with E-state index in [1.54, 1.807) is 28.6 Å². The Hall–Kier alpha value is -0.957. The molecule has 0 radical (unpaired) electrons. The molecule has 0 bridgehead atoms. The quantitative estimate of drug-likeness (QED) is 0.550. The topological polar surface area (TPSA) is 46.2 Å². The molecule has 3 nitrogen and oxygen atoms in total. The van der Waals surface area contributed by atoms with Crippen molar-refractivity contribution in [1.29, 1.82) is 0 Å². The van der Waals surface area contributed by atoms with E-state index in [1.165, 1.54) is 17.1 Å². The maximum Gasteiger partial charge on any atom is 0.259 e. The number of carbonyl (C=O) groups is 2. The number of hydrogen-bond acceptors (Lipinski definition) is 5. The third-order valence-corrected chi connectivity index (χ3v) is 10.6. The summed E-state index contributed by atoms with van der Waals surface area (Å²) in [7, 11) is 0. The first-order valence-corrected chi connectivity index (χ1v) is 11.5. The van der Waals surface area contributed by atoms with Crippen molar-refractivity contribution in [2.24, 2.45) is 0 Å². The first-order valence-electron chi connectivity index (χ1n) is 6.29. The predicted molar refractivity (Wildman–Crippen MR) is 90.0 cm³/mol. The summed E-state index contributed by atoms with van der Waals surface area (Å²) in [6.07, 6.45) is 2.44. The van der Waals surface area contributed by atoms with Gasteiger partial charge >= 0.3 is 79.2 Å². The summed E-state index contributed by atoms with van der Waals surface area (Å²) in [5, 5.41) is 7.78. The van der Waals surface area contributed by atoms with Gasteiger partial charge < -0.3 is 0 Å². The Kier molecular flexibility index (Phi) is 3.49. The maximum atomic E-state index is 10.8. The standard InChI is InChI=1S/C8H6GeS2.C6H3NO2S/c1-3-10-7-5(1)9-6-2-4-11-8(6)7;8-5-3-1-10-2-4(3)6(9)7-5/h1-3,9H,4H2;1-2H,(H,7,8,9). The van der Waals surface area contributed by atoms with Crippen molar-refractivity contribution in [3.63, 3.8) is 0 Å². The number of imide groups is 1. The summed E-state index contributed by atoms with van der Waals surface area (Å²) < 4.78 is 5.05. The van der Waals surface area contributed by atoms with E-state index < -0.39 is 0 Å². The van der Waals surface area contributed by atoms with Crippen molar-refractivity contribution < 1.29 is 9.59 Å². The maximum absolute atomic E-state index is 10.8. The molecule has 5 heterocycles. The third-order valence-electron chi connectivity index (χ3n) is 3.38. The first kappa shape index (κ1) is 13.7. The van der Waals surface area contributed by atoms with Crippen LogP contribution >= 0.6 is 34.4 Å². The van der Waals surface area contributed by atoms with Gasteiger partial charge in [-0.3, -0.25) is 14.9 Å². The Morgan fingerprint density at radius 1 is 1.14 bits per heavy atom. The van der Waals surface area contributed by atoms with Crippen molar-refractivity contribution in [2.75, 3.05) is 5.75 Å². The molecule has 0 unspecified atom stereocenters. The van der Waals surface area contributed by atoms with Crippen LogP contribution in [0.2, 0.25) is 0 Å². The molecule has 2 amide bonds. The molecule has 0 atom stereocenters. The number of thiophene rings is 2. The van der Waals surface area contributed by atoms with E-state index in [0.29, 0.717) is 11.1 Å². The van der Waals surface area contributed by atoms with Crippen LogP contribution in [-0.2, 0) is 0 Å². The molecule has 0 aromatic carbocycles. The summed E-state index contributed by atoms with van der Waals surface area (Å²) in [6, 6.07) is 2.33. The van der Waals surface area contributed by atoms with E-state index in [9.17, 15) is 9.59 Å². The summed E-state index contributed by atoms with van der Waals surface area (Å²) in [4.78, 5) is 23.3. The van der Waals surface area contributed by atoms with Gasteiger partial charge in [-0.2, -0.15) is 11.3 Å². The van der Waals surface area contributed by atoms with Gasteiger partial charge in [-0.05, 0) is 0 Å². The Bertz CT molecular complexity index is 894. The van der Waals surface area contributed by atoms with Crippen LogP contribution in [0.3, 0.4) is 0 Å². The van der Waals surface area contributed by atoms with Gasteiger partial charge in [0.15, 0.2) is 0 Å². The van der Waals surface area contributed by atoms with Gasteiger partial charge in [-0.25, -0.2) is 0 Å². The molecule has 2 aromatic rings. The molecule has 3 aliphatic rings. The Labute approximate surface area is 138 Å². The number of hydrogen-bond donors (Lipinski definition) is 1. The van der Waals surface area contributed by atoms with Gasteiger partial charge in [0, 0.05) is 10.8 Å². The van der Waals surface area contributed by atoms with Gasteiger partial charge in [0.1, 0.15) is 0 Å². The monoisotopic (exact) mass is 393 g/mol. The SMILES string of the molecule is C1=[C]2[GeH]=[c]3ccsc3=C2SC1.O=C1NC(=O)c2cscc21. The van der Waals surface area contributed by atoms with Crippen molar-refractivity contribution in [1.82, 2.24) is 5.32 Å². The minimum absolute atomic E-state index is 0.176. The van der Waals surface area contributed by atoms with Crippen LogP contribution in [0.5, 0.6) is 0 Å². The Morgan fingerprint density at radius 2 is 1.90 bits per heavy atom. The average molecular weight is 392 g/mol. The molecule has 0 saturated carbocycles. The minimum atomic E-state index is -0.277. The third kappa shape index (κ3) is 2.30. The Morgan fingerprint density at radius 3 is 2.67 bits per heavy atom. The molecule has 1 N–H and O–H groups in total. The van der Waals surface area contributed by atoms with Crippen LogP contribution in [0, 0.1) is 4.00 Å². The van der Waals surface area contributed by atoms with Crippen molar-refractivity contribution in [3.8, 4) is 0 Å². The van der Waals surface area contributed by atoms with Crippen LogP contribution in [0.1, 0.15) is 20.7 Å². The van der Waals surface area contributed by atoms with Crippen molar-refractivity contribution in [2.45, 2.75) is 0 Å². The number of amides is 2. The summed E-state index contributed by atoms with van der Waals surface area (Å²) in [6.45, 7) is 0. The fourth-order valence-electron chi connectivity index (χ4n) is 2.38. The number of thioether (sulfide) groups is 1. The predicted octanol–water partition coefficient (Wildman–Crippen LogP) is 1.82. The Balaban J connectivity index is 0.000000110. The first-order chi connectivity index (χ1) is 10.2. The molecular formula is C14H9GeNO2S3. The number of rotatable bonds is 0. The largest absolute Gasteiger partial charge is 0.288 e. The zero-order valence-electron chi connectivity index (χ0n) is 10.7. The smallest absolute Gasteiger partial charge is 0.259 e. The van der Waals surface area contributed by atoms with E-state index in [1.807, 2.05) is 23.1 Å². The van der Waals surface area contributed by atoms with Gasteiger partial charge in [0.2, 0.25) is 0 Å². The van der Waals surface area contributed by atoms with E-state index in [4.69, 9.17) is 0 Å². The molecule has 21 heavy (non-hydrogen) atoms. The molecule has 2 aromatic heterocycles. The second kappa shape index (κ2) is 5.35. The van der Waals surface area contributed by atoms with Crippen molar-refractivity contribution in [3.05, 3.63) is 52.3 Å². The average Bonchev–Trinajstić information content (AvgIpc) is 3.20. The molecule has 0 aliphatic carbocycles. The molecular weight excluding hydrogens is 383 g/mol. The van der Waals surface area contributed by atoms with Gasteiger partial charge in [0.05, 0.1) is 11.1 Å². The van der Waals surface area contributed by atoms with Gasteiger partial charge in [-0.1, -0.05) is 0 Å². The zero-order chi connectivity index (χ0) is 14.4. The molecule has 7 heteroatoms. The van der Waals surface area contributed by atoms with E-state index in [2.05, 4.69) is 22.8 Å². The van der Waals surface area contributed by atoms with Gasteiger partial charge in [-0.15, -0.1) is 0 Å². The van der Waals surface area contributed by atoms with Crippen molar-refractivity contribution >= 4 is 66.1 Å². The van der Waals surface area contributed by atoms with Crippen LogP contribution in [0.25, 0.3) is 4.91 Å². The van der Waals surface area contributed by atoms with Crippen LogP contribution in [0.4, 0.5) is 0 Å². The molecule has 3 aliphatic heterocycles. The summed E-state index contributed by atoms with van der Waals surface area (Å²) >= 11 is 5.15. The zero-order valence-corrected chi connectivity index (χ0v) is 15.6.